The monoisotopic (exact) mass is 275 g/mol. The van der Waals surface area contributed by atoms with E-state index in [0.717, 1.165) is 14.3 Å². The van der Waals surface area contributed by atoms with Crippen LogP contribution in [0.5, 0.6) is 0 Å². The summed E-state index contributed by atoms with van der Waals surface area (Å²) in [6, 6.07) is 0. The van der Waals surface area contributed by atoms with E-state index in [1.165, 1.54) is 13.1 Å². The van der Waals surface area contributed by atoms with Crippen molar-refractivity contribution in [2.24, 2.45) is 0 Å². The van der Waals surface area contributed by atoms with E-state index < -0.39 is 13.5 Å². The van der Waals surface area contributed by atoms with Gasteiger partial charge in [0.05, 0.1) is 0 Å². The van der Waals surface area contributed by atoms with Crippen molar-refractivity contribution in [2.45, 2.75) is 69.6 Å². The summed E-state index contributed by atoms with van der Waals surface area (Å²) in [5.74, 6) is 0. The van der Waals surface area contributed by atoms with Crippen LogP contribution >= 0.6 is 0 Å². The Hall–Kier alpha value is 0.503. The topological polar surface area (TPSA) is 3.24 Å². The van der Waals surface area contributed by atoms with Gasteiger partial charge in [-0.1, -0.05) is 0 Å². The fourth-order valence-electron chi connectivity index (χ4n) is 3.87. The Morgan fingerprint density at radius 2 is 1.00 bits per heavy atom. The first-order chi connectivity index (χ1) is 6.85. The predicted molar refractivity (Wildman–Crippen MR) is 74.0 cm³/mol. The van der Waals surface area contributed by atoms with Crippen molar-refractivity contribution in [1.29, 1.82) is 0 Å². The Morgan fingerprint density at radius 3 is 1.07 bits per heavy atom. The summed E-state index contributed by atoms with van der Waals surface area (Å²) >= 11 is -1.91. The van der Waals surface area contributed by atoms with Gasteiger partial charge in [-0.2, -0.15) is 0 Å². The average molecular weight is 274 g/mol. The summed E-state index contributed by atoms with van der Waals surface area (Å²) in [4.78, 5) is 0. The third-order valence-corrected chi connectivity index (χ3v) is 19.4. The van der Waals surface area contributed by atoms with Gasteiger partial charge in [-0.25, -0.2) is 0 Å². The van der Waals surface area contributed by atoms with Crippen molar-refractivity contribution in [1.82, 2.24) is 3.86 Å². The zero-order chi connectivity index (χ0) is 12.2. The third-order valence-electron chi connectivity index (χ3n) is 4.09. The standard InChI is InChI=1S/C13H31GeN/c1-9-15(10-2)14(11(3)4,12(5)6)13(7)8/h11-13H,9-10H2,1-8H3. The van der Waals surface area contributed by atoms with Crippen LogP contribution in [0.15, 0.2) is 0 Å². The molecule has 15 heavy (non-hydrogen) atoms. The SMILES string of the molecule is CC[N](CC)[Ge]([CH](C)C)([CH](C)C)[CH](C)C. The minimum absolute atomic E-state index is 0.893. The molecule has 0 aliphatic rings. The van der Waals surface area contributed by atoms with Crippen LogP contribution in [0.1, 0.15) is 55.4 Å². The van der Waals surface area contributed by atoms with Gasteiger partial charge in [0.2, 0.25) is 0 Å². The van der Waals surface area contributed by atoms with Crippen molar-refractivity contribution in [2.75, 3.05) is 13.1 Å². The molecule has 0 aromatic heterocycles. The van der Waals surface area contributed by atoms with Crippen LogP contribution in [-0.4, -0.2) is 30.4 Å². The van der Waals surface area contributed by atoms with Gasteiger partial charge in [-0.05, 0) is 0 Å². The van der Waals surface area contributed by atoms with Gasteiger partial charge in [-0.15, -0.1) is 0 Å². The van der Waals surface area contributed by atoms with Crippen LogP contribution in [0.2, 0.25) is 14.3 Å². The van der Waals surface area contributed by atoms with Crippen LogP contribution in [0.25, 0.3) is 0 Å². The Balaban J connectivity index is 5.29. The van der Waals surface area contributed by atoms with Crippen molar-refractivity contribution in [3.63, 3.8) is 0 Å². The van der Waals surface area contributed by atoms with E-state index >= 15 is 0 Å². The number of nitrogens with zero attached hydrogens (tertiary/aromatic N) is 1. The molecule has 1 nitrogen and oxygen atoms in total. The molecule has 0 aromatic carbocycles. The zero-order valence-electron chi connectivity index (χ0n) is 12.1. The molecule has 0 rings (SSSR count). The summed E-state index contributed by atoms with van der Waals surface area (Å²) in [6.07, 6.45) is 0. The molecule has 0 atom stereocenters. The summed E-state index contributed by atoms with van der Waals surface area (Å²) in [7, 11) is 0. The van der Waals surface area contributed by atoms with Gasteiger partial charge < -0.3 is 0 Å². The van der Waals surface area contributed by atoms with Crippen molar-refractivity contribution in [3.05, 3.63) is 0 Å². The van der Waals surface area contributed by atoms with E-state index in [9.17, 15) is 0 Å². The first kappa shape index (κ1) is 15.5. The molecular formula is C13H31GeN. The first-order valence-corrected chi connectivity index (χ1v) is 11.2. The van der Waals surface area contributed by atoms with E-state index in [1.54, 1.807) is 0 Å². The molecule has 0 fully saturated rings. The predicted octanol–water partition coefficient (Wildman–Crippen LogP) is 4.50. The van der Waals surface area contributed by atoms with Crippen LogP contribution < -0.4 is 0 Å². The molecule has 0 amide bonds. The van der Waals surface area contributed by atoms with Crippen LogP contribution in [0.3, 0.4) is 0 Å². The molecular weight excluding hydrogens is 243 g/mol. The average Bonchev–Trinajstić information content (AvgIpc) is 2.11. The van der Waals surface area contributed by atoms with Gasteiger partial charge in [0.15, 0.2) is 0 Å². The number of rotatable bonds is 6. The molecule has 0 aliphatic heterocycles. The van der Waals surface area contributed by atoms with Crippen LogP contribution in [0.4, 0.5) is 0 Å². The first-order valence-electron chi connectivity index (χ1n) is 6.60. The molecule has 0 radical (unpaired) electrons. The Bertz CT molecular complexity index is 150. The maximum atomic E-state index is 2.85. The molecule has 0 heterocycles. The zero-order valence-corrected chi connectivity index (χ0v) is 14.2. The molecule has 0 N–H and O–H groups in total. The number of hydrogen-bond donors (Lipinski definition) is 0. The molecule has 0 bridgehead atoms. The second-order valence-corrected chi connectivity index (χ2v) is 17.8. The van der Waals surface area contributed by atoms with E-state index in [4.69, 9.17) is 0 Å². The summed E-state index contributed by atoms with van der Waals surface area (Å²) in [6.45, 7) is 21.9. The van der Waals surface area contributed by atoms with Gasteiger partial charge >= 0.3 is 100 Å². The third kappa shape index (κ3) is 2.79. The minimum atomic E-state index is -1.91. The van der Waals surface area contributed by atoms with Crippen molar-refractivity contribution < 1.29 is 0 Å². The maximum absolute atomic E-state index is 2.85. The fourth-order valence-corrected chi connectivity index (χ4v) is 19.2. The molecule has 0 spiro atoms. The summed E-state index contributed by atoms with van der Waals surface area (Å²) < 4.78 is 5.53. The molecule has 0 aromatic rings. The summed E-state index contributed by atoms with van der Waals surface area (Å²) in [5.41, 5.74) is 0. The Labute approximate surface area is 100 Å². The molecule has 0 saturated heterocycles. The molecule has 0 saturated carbocycles. The second kappa shape index (κ2) is 6.29. The van der Waals surface area contributed by atoms with E-state index in [2.05, 4.69) is 59.2 Å². The van der Waals surface area contributed by atoms with Gasteiger partial charge in [0.25, 0.3) is 0 Å². The van der Waals surface area contributed by atoms with Crippen LogP contribution in [-0.2, 0) is 0 Å². The van der Waals surface area contributed by atoms with Crippen molar-refractivity contribution in [3.8, 4) is 0 Å². The Kier molecular flexibility index (Phi) is 6.50. The van der Waals surface area contributed by atoms with Crippen molar-refractivity contribution >= 4 is 13.5 Å². The molecule has 2 heteroatoms. The van der Waals surface area contributed by atoms with Gasteiger partial charge in [-0.3, -0.25) is 0 Å². The normalized spacial score (nSPS) is 13.6. The van der Waals surface area contributed by atoms with Gasteiger partial charge in [0, 0.05) is 0 Å². The van der Waals surface area contributed by atoms with E-state index in [0.29, 0.717) is 0 Å². The molecule has 0 unspecified atom stereocenters. The van der Waals surface area contributed by atoms with Crippen LogP contribution in [0, 0.1) is 0 Å². The van der Waals surface area contributed by atoms with E-state index in [1.807, 2.05) is 0 Å². The Morgan fingerprint density at radius 1 is 0.733 bits per heavy atom. The quantitative estimate of drug-likeness (QED) is 0.644. The molecule has 92 valence electrons. The second-order valence-electron chi connectivity index (χ2n) is 5.52. The van der Waals surface area contributed by atoms with Gasteiger partial charge in [0.1, 0.15) is 0 Å². The number of hydrogen-bond acceptors (Lipinski definition) is 1. The summed E-state index contributed by atoms with van der Waals surface area (Å²) in [5, 5.41) is 0. The fraction of sp³-hybridized carbons (Fsp3) is 1.00. The molecule has 0 aliphatic carbocycles. The van der Waals surface area contributed by atoms with E-state index in [-0.39, 0.29) is 0 Å².